The van der Waals surface area contributed by atoms with Crippen LogP contribution in [0.25, 0.3) is 0 Å². The summed E-state index contributed by atoms with van der Waals surface area (Å²) in [6, 6.07) is 8.45. The smallest absolute Gasteiger partial charge is 0.224 e. The molecular weight excluding hydrogens is 487 g/mol. The Bertz CT molecular complexity index is 1240. The average molecular weight is 515 g/mol. The van der Waals surface area contributed by atoms with Crippen molar-refractivity contribution in [3.05, 3.63) is 69.7 Å². The summed E-state index contributed by atoms with van der Waals surface area (Å²) in [5, 5.41) is 27.1. The number of phenols is 1. The first-order chi connectivity index (χ1) is 16.8. The van der Waals surface area contributed by atoms with E-state index < -0.39 is 17.1 Å². The lowest BCUT2D eigenvalue weighted by atomic mass is 9.48. The van der Waals surface area contributed by atoms with Gasteiger partial charge in [0.25, 0.3) is 0 Å². The van der Waals surface area contributed by atoms with Crippen molar-refractivity contribution >= 4 is 29.1 Å². The molecule has 184 valence electrons. The molecule has 2 bridgehead atoms. The first kappa shape index (κ1) is 23.2. The summed E-state index contributed by atoms with van der Waals surface area (Å²) >= 11 is 12.1. The van der Waals surface area contributed by atoms with E-state index in [9.17, 15) is 15.0 Å². The first-order valence-electron chi connectivity index (χ1n) is 12.1. The molecule has 1 saturated carbocycles. The number of hydrogen-bond donors (Lipinski definition) is 3. The number of phenolic OH excluding ortho intramolecular Hbond substituents is 1. The van der Waals surface area contributed by atoms with Crippen molar-refractivity contribution < 1.29 is 19.7 Å². The number of nitrogens with one attached hydrogen (secondary N) is 1. The number of nitrogens with zero attached hydrogens (tertiary/aromatic N) is 1. The fourth-order valence-electron chi connectivity index (χ4n) is 7.26. The van der Waals surface area contributed by atoms with Crippen LogP contribution >= 0.6 is 23.2 Å². The van der Waals surface area contributed by atoms with Gasteiger partial charge in [0.15, 0.2) is 11.5 Å². The lowest BCUT2D eigenvalue weighted by Crippen LogP contribution is -2.78. The maximum absolute atomic E-state index is 13.1. The van der Waals surface area contributed by atoms with E-state index in [1.165, 1.54) is 0 Å². The number of rotatable bonds is 5. The van der Waals surface area contributed by atoms with Crippen molar-refractivity contribution in [1.82, 2.24) is 10.2 Å². The molecule has 1 saturated heterocycles. The molecular formula is C27H28Cl2N2O4. The van der Waals surface area contributed by atoms with Crippen LogP contribution < -0.4 is 10.1 Å². The third-order valence-corrected chi connectivity index (χ3v) is 9.37. The van der Waals surface area contributed by atoms with Gasteiger partial charge in [0.05, 0.1) is 33.5 Å². The minimum Gasteiger partial charge on any atom is -0.504 e. The van der Waals surface area contributed by atoms with Gasteiger partial charge in [-0.25, -0.2) is 0 Å². The highest BCUT2D eigenvalue weighted by Gasteiger charge is 2.72. The molecule has 2 heterocycles. The summed E-state index contributed by atoms with van der Waals surface area (Å²) in [5.41, 5.74) is 1.11. The van der Waals surface area contributed by atoms with E-state index in [2.05, 4.69) is 16.8 Å². The van der Waals surface area contributed by atoms with Crippen LogP contribution in [-0.4, -0.2) is 57.9 Å². The van der Waals surface area contributed by atoms with Gasteiger partial charge in [-0.2, -0.15) is 0 Å². The van der Waals surface area contributed by atoms with Gasteiger partial charge in [0.2, 0.25) is 5.91 Å². The number of aliphatic hydroxyl groups is 1. The van der Waals surface area contributed by atoms with Crippen molar-refractivity contribution in [3.8, 4) is 11.5 Å². The SMILES string of the molecule is C=CCN1CC[C@]23c4c5ccc(O)c4O[C@H]2[C@@H](NC(=O)Cc2ccc(Cl)c(Cl)c2)CC[C@@]3(O)[C@H]1C5. The molecule has 0 unspecified atom stereocenters. The Morgan fingerprint density at radius 1 is 1.26 bits per heavy atom. The summed E-state index contributed by atoms with van der Waals surface area (Å²) < 4.78 is 6.47. The molecule has 1 spiro atoms. The van der Waals surface area contributed by atoms with Crippen LogP contribution in [0.15, 0.2) is 43.0 Å². The van der Waals surface area contributed by atoms with E-state index in [4.69, 9.17) is 27.9 Å². The maximum atomic E-state index is 13.1. The number of benzene rings is 2. The number of hydrogen-bond acceptors (Lipinski definition) is 5. The number of likely N-dealkylation sites (tertiary alicyclic amines) is 1. The molecule has 1 amide bonds. The lowest BCUT2D eigenvalue weighted by Gasteiger charge is -2.64. The van der Waals surface area contributed by atoms with Crippen LogP contribution in [-0.2, 0) is 23.1 Å². The highest BCUT2D eigenvalue weighted by Crippen LogP contribution is 2.65. The number of amides is 1. The Balaban J connectivity index is 1.35. The van der Waals surface area contributed by atoms with Gasteiger partial charge >= 0.3 is 0 Å². The Morgan fingerprint density at radius 2 is 2.09 bits per heavy atom. The molecule has 2 aliphatic heterocycles. The summed E-state index contributed by atoms with van der Waals surface area (Å²) in [4.78, 5) is 15.4. The molecule has 3 N–H and O–H groups in total. The molecule has 4 aliphatic rings. The van der Waals surface area contributed by atoms with Crippen LogP contribution in [0, 0.1) is 0 Å². The third kappa shape index (κ3) is 3.20. The van der Waals surface area contributed by atoms with Crippen molar-refractivity contribution in [1.29, 1.82) is 0 Å². The van der Waals surface area contributed by atoms with Crippen molar-refractivity contribution in [2.24, 2.45) is 0 Å². The van der Waals surface area contributed by atoms with E-state index >= 15 is 0 Å². The molecule has 5 atom stereocenters. The summed E-state index contributed by atoms with van der Waals surface area (Å²) in [5.74, 6) is 0.408. The minimum absolute atomic E-state index is 0.0730. The maximum Gasteiger partial charge on any atom is 0.224 e. The van der Waals surface area contributed by atoms with E-state index in [1.54, 1.807) is 24.3 Å². The molecule has 2 aromatic carbocycles. The fourth-order valence-corrected chi connectivity index (χ4v) is 7.58. The summed E-state index contributed by atoms with van der Waals surface area (Å²) in [6.07, 6.45) is 4.08. The Hall–Kier alpha value is -2.25. The zero-order valence-electron chi connectivity index (χ0n) is 19.3. The van der Waals surface area contributed by atoms with Crippen molar-refractivity contribution in [2.45, 2.75) is 61.3 Å². The van der Waals surface area contributed by atoms with E-state index in [0.717, 1.165) is 23.2 Å². The minimum atomic E-state index is -1.02. The molecule has 6 rings (SSSR count). The highest BCUT2D eigenvalue weighted by atomic mass is 35.5. The summed E-state index contributed by atoms with van der Waals surface area (Å²) in [6.45, 7) is 5.41. The quantitative estimate of drug-likeness (QED) is 0.529. The second kappa shape index (κ2) is 8.13. The number of carbonyl (C=O) groups excluding carboxylic acids is 1. The Labute approximate surface area is 214 Å². The van der Waals surface area contributed by atoms with Crippen molar-refractivity contribution in [2.75, 3.05) is 13.1 Å². The molecule has 0 aromatic heterocycles. The third-order valence-electron chi connectivity index (χ3n) is 8.63. The number of carbonyl (C=O) groups is 1. The van der Waals surface area contributed by atoms with Gasteiger partial charge in [-0.3, -0.25) is 9.69 Å². The Kier molecular flexibility index (Phi) is 5.38. The number of piperidine rings is 1. The molecule has 6 nitrogen and oxygen atoms in total. The monoisotopic (exact) mass is 514 g/mol. The number of aromatic hydroxyl groups is 1. The van der Waals surface area contributed by atoms with E-state index in [1.807, 2.05) is 12.1 Å². The van der Waals surface area contributed by atoms with Crippen molar-refractivity contribution in [3.63, 3.8) is 0 Å². The second-order valence-electron chi connectivity index (χ2n) is 10.3. The topological polar surface area (TPSA) is 82.0 Å². The van der Waals surface area contributed by atoms with Gasteiger partial charge in [0, 0.05) is 18.2 Å². The van der Waals surface area contributed by atoms with Gasteiger partial charge in [-0.1, -0.05) is 41.4 Å². The number of ether oxygens (including phenoxy) is 1. The van der Waals surface area contributed by atoms with E-state index in [-0.39, 0.29) is 30.2 Å². The normalized spacial score (nSPS) is 32.5. The largest absolute Gasteiger partial charge is 0.504 e. The predicted octanol–water partition coefficient (Wildman–Crippen LogP) is 3.77. The predicted molar refractivity (Wildman–Crippen MR) is 134 cm³/mol. The zero-order chi connectivity index (χ0) is 24.5. The molecule has 35 heavy (non-hydrogen) atoms. The average Bonchev–Trinajstić information content (AvgIpc) is 3.17. The standard InChI is InChI=1S/C27H28Cl2N2O4/c1-2-10-31-11-9-26-23-16-4-6-20(32)24(23)35-25(26)19(7-8-27(26,34)21(31)14-16)30-22(33)13-15-3-5-17(28)18(29)12-15/h2-6,12,19,21,25,32,34H,1,7-11,13-14H2,(H,30,33)/t19-,21+,25-,26-,27+/m0/s1. The van der Waals surface area contributed by atoms with Crippen LogP contribution in [0.1, 0.15) is 36.0 Å². The zero-order valence-corrected chi connectivity index (χ0v) is 20.8. The molecule has 0 radical (unpaired) electrons. The molecule has 2 aliphatic carbocycles. The van der Waals surface area contributed by atoms with Gasteiger partial charge in [-0.15, -0.1) is 6.58 Å². The van der Waals surface area contributed by atoms with Crippen LogP contribution in [0.3, 0.4) is 0 Å². The lowest BCUT2D eigenvalue weighted by molar-refractivity contribution is -0.190. The molecule has 8 heteroatoms. The summed E-state index contributed by atoms with van der Waals surface area (Å²) in [7, 11) is 0. The Morgan fingerprint density at radius 3 is 2.86 bits per heavy atom. The van der Waals surface area contributed by atoms with Crippen LogP contribution in [0.5, 0.6) is 11.5 Å². The molecule has 2 aromatic rings. The first-order valence-corrected chi connectivity index (χ1v) is 12.9. The second-order valence-corrected chi connectivity index (χ2v) is 11.1. The van der Waals surface area contributed by atoms with Gasteiger partial charge < -0.3 is 20.3 Å². The fraction of sp³-hybridized carbons (Fsp3) is 0.444. The van der Waals surface area contributed by atoms with Gasteiger partial charge in [-0.05, 0) is 61.6 Å². The van der Waals surface area contributed by atoms with Gasteiger partial charge in [0.1, 0.15) is 6.10 Å². The highest BCUT2D eigenvalue weighted by molar-refractivity contribution is 6.42. The number of halogens is 2. The van der Waals surface area contributed by atoms with E-state index in [0.29, 0.717) is 48.0 Å². The van der Waals surface area contributed by atoms with Crippen LogP contribution in [0.4, 0.5) is 0 Å². The molecule has 2 fully saturated rings. The van der Waals surface area contributed by atoms with Crippen LogP contribution in [0.2, 0.25) is 10.0 Å².